The average Bonchev–Trinajstić information content (AvgIpc) is 3.16. The molecule has 0 fully saturated rings. The first-order valence-electron chi connectivity index (χ1n) is 7.36. The summed E-state index contributed by atoms with van der Waals surface area (Å²) in [4.78, 5) is 8.37. The first kappa shape index (κ1) is 12.4. The van der Waals surface area contributed by atoms with Gasteiger partial charge in [0.25, 0.3) is 0 Å². The van der Waals surface area contributed by atoms with Crippen molar-refractivity contribution in [2.24, 2.45) is 4.99 Å². The summed E-state index contributed by atoms with van der Waals surface area (Å²) in [5, 5.41) is 0. The van der Waals surface area contributed by atoms with Crippen molar-refractivity contribution < 1.29 is 0 Å². The first-order valence-corrected chi connectivity index (χ1v) is 8.15. The minimum atomic E-state index is 0.997. The van der Waals surface area contributed by atoms with E-state index in [4.69, 9.17) is 0 Å². The van der Waals surface area contributed by atoms with Crippen LogP contribution in [0, 0.1) is 0 Å². The standard InChI is InChI=1S/C17H17BrN2/c18-12-8-6-11(7-9-12)16-13-3-1-4-14(13)17(20-16)15-5-2-10-19-15/h6-9,20H,1-5,10H2. The quantitative estimate of drug-likeness (QED) is 0.839. The van der Waals surface area contributed by atoms with Crippen molar-refractivity contribution in [3.05, 3.63) is 45.6 Å². The summed E-state index contributed by atoms with van der Waals surface area (Å²) < 4.78 is 1.13. The van der Waals surface area contributed by atoms with E-state index in [0.29, 0.717) is 0 Å². The molecule has 1 aromatic heterocycles. The number of nitrogens with zero attached hydrogens (tertiary/aromatic N) is 1. The zero-order valence-corrected chi connectivity index (χ0v) is 13.0. The summed E-state index contributed by atoms with van der Waals surface area (Å²) >= 11 is 3.51. The smallest absolute Gasteiger partial charge is 0.0634 e. The Labute approximate surface area is 127 Å². The SMILES string of the molecule is Brc1ccc(-c2[nH]c(C3=NCCC3)c3c2CCC3)cc1. The molecule has 0 saturated carbocycles. The zero-order chi connectivity index (χ0) is 13.5. The third kappa shape index (κ3) is 1.96. The van der Waals surface area contributed by atoms with E-state index < -0.39 is 0 Å². The highest BCUT2D eigenvalue weighted by molar-refractivity contribution is 9.10. The Morgan fingerprint density at radius 1 is 0.900 bits per heavy atom. The molecule has 1 aromatic carbocycles. The third-order valence-electron chi connectivity index (χ3n) is 4.37. The summed E-state index contributed by atoms with van der Waals surface area (Å²) in [6, 6.07) is 8.61. The molecule has 20 heavy (non-hydrogen) atoms. The number of benzene rings is 1. The summed E-state index contributed by atoms with van der Waals surface area (Å²) in [5.74, 6) is 0. The molecule has 2 heterocycles. The van der Waals surface area contributed by atoms with Gasteiger partial charge in [-0.05, 0) is 60.9 Å². The summed E-state index contributed by atoms with van der Waals surface area (Å²) in [6.45, 7) is 0.997. The van der Waals surface area contributed by atoms with Crippen LogP contribution in [0.1, 0.15) is 36.1 Å². The van der Waals surface area contributed by atoms with E-state index in [9.17, 15) is 0 Å². The highest BCUT2D eigenvalue weighted by Gasteiger charge is 2.25. The van der Waals surface area contributed by atoms with Crippen LogP contribution < -0.4 is 0 Å². The van der Waals surface area contributed by atoms with Gasteiger partial charge in [-0.3, -0.25) is 4.99 Å². The van der Waals surface area contributed by atoms with Crippen molar-refractivity contribution in [2.45, 2.75) is 32.1 Å². The minimum Gasteiger partial charge on any atom is -0.353 e. The maximum Gasteiger partial charge on any atom is 0.0634 e. The van der Waals surface area contributed by atoms with Crippen LogP contribution in [-0.2, 0) is 12.8 Å². The van der Waals surface area contributed by atoms with Gasteiger partial charge in [-0.2, -0.15) is 0 Å². The molecular formula is C17H17BrN2. The summed E-state index contributed by atoms with van der Waals surface area (Å²) in [6.07, 6.45) is 6.02. The monoisotopic (exact) mass is 328 g/mol. The maximum atomic E-state index is 4.68. The van der Waals surface area contributed by atoms with Crippen LogP contribution in [-0.4, -0.2) is 17.2 Å². The lowest BCUT2D eigenvalue weighted by Crippen LogP contribution is -2.00. The fourth-order valence-electron chi connectivity index (χ4n) is 3.42. The molecule has 0 radical (unpaired) electrons. The molecule has 2 aliphatic rings. The Kier molecular flexibility index (Phi) is 3.03. The number of aliphatic imine (C=N–C) groups is 1. The second kappa shape index (κ2) is 4.88. The van der Waals surface area contributed by atoms with E-state index >= 15 is 0 Å². The first-order chi connectivity index (χ1) is 9.83. The van der Waals surface area contributed by atoms with Crippen LogP contribution in [0.25, 0.3) is 11.3 Å². The fourth-order valence-corrected chi connectivity index (χ4v) is 3.69. The molecule has 2 nitrogen and oxygen atoms in total. The molecule has 3 heteroatoms. The number of rotatable bonds is 2. The number of H-pyrrole nitrogens is 1. The Morgan fingerprint density at radius 3 is 2.35 bits per heavy atom. The van der Waals surface area contributed by atoms with Crippen LogP contribution in [0.5, 0.6) is 0 Å². The van der Waals surface area contributed by atoms with E-state index in [-0.39, 0.29) is 0 Å². The fraction of sp³-hybridized carbons (Fsp3) is 0.353. The number of aromatic amines is 1. The van der Waals surface area contributed by atoms with Gasteiger partial charge in [-0.15, -0.1) is 0 Å². The van der Waals surface area contributed by atoms with Crippen LogP contribution in [0.15, 0.2) is 33.7 Å². The predicted molar refractivity (Wildman–Crippen MR) is 86.6 cm³/mol. The number of hydrogen-bond acceptors (Lipinski definition) is 1. The maximum absolute atomic E-state index is 4.68. The van der Waals surface area contributed by atoms with E-state index in [2.05, 4.69) is 50.2 Å². The minimum absolute atomic E-state index is 0.997. The van der Waals surface area contributed by atoms with Crippen molar-refractivity contribution >= 4 is 21.6 Å². The molecule has 102 valence electrons. The lowest BCUT2D eigenvalue weighted by molar-refractivity contribution is 0.901. The summed E-state index contributed by atoms with van der Waals surface area (Å²) in [5.41, 5.74) is 8.28. The Balaban J connectivity index is 1.84. The number of halogens is 1. The molecule has 2 aromatic rings. The molecule has 0 saturated heterocycles. The molecule has 1 aliphatic heterocycles. The molecule has 1 aliphatic carbocycles. The topological polar surface area (TPSA) is 28.1 Å². The predicted octanol–water partition coefficient (Wildman–Crippen LogP) is 4.52. The Hall–Kier alpha value is -1.35. The average molecular weight is 329 g/mol. The van der Waals surface area contributed by atoms with Gasteiger partial charge in [0.2, 0.25) is 0 Å². The van der Waals surface area contributed by atoms with Gasteiger partial charge in [0, 0.05) is 16.7 Å². The van der Waals surface area contributed by atoms with Crippen molar-refractivity contribution in [3.63, 3.8) is 0 Å². The van der Waals surface area contributed by atoms with Crippen LogP contribution in [0.4, 0.5) is 0 Å². The van der Waals surface area contributed by atoms with Gasteiger partial charge in [-0.25, -0.2) is 0 Å². The molecule has 0 unspecified atom stereocenters. The highest BCUT2D eigenvalue weighted by Crippen LogP contribution is 2.36. The van der Waals surface area contributed by atoms with E-state index in [1.165, 1.54) is 59.5 Å². The van der Waals surface area contributed by atoms with E-state index in [0.717, 1.165) is 17.4 Å². The Bertz CT molecular complexity index is 680. The molecular weight excluding hydrogens is 312 g/mol. The number of fused-ring (bicyclic) bond motifs is 1. The Morgan fingerprint density at radius 2 is 1.65 bits per heavy atom. The van der Waals surface area contributed by atoms with Crippen molar-refractivity contribution in [1.29, 1.82) is 0 Å². The second-order valence-electron chi connectivity index (χ2n) is 5.62. The van der Waals surface area contributed by atoms with Crippen molar-refractivity contribution in [1.82, 2.24) is 4.98 Å². The highest BCUT2D eigenvalue weighted by atomic mass is 79.9. The van der Waals surface area contributed by atoms with Gasteiger partial charge in [0.05, 0.1) is 11.4 Å². The molecule has 0 atom stereocenters. The van der Waals surface area contributed by atoms with E-state index in [1.54, 1.807) is 0 Å². The normalized spacial score (nSPS) is 17.4. The molecule has 0 amide bonds. The van der Waals surface area contributed by atoms with Gasteiger partial charge in [-0.1, -0.05) is 28.1 Å². The second-order valence-corrected chi connectivity index (χ2v) is 6.54. The van der Waals surface area contributed by atoms with Crippen LogP contribution >= 0.6 is 15.9 Å². The van der Waals surface area contributed by atoms with Crippen molar-refractivity contribution in [3.8, 4) is 11.3 Å². The van der Waals surface area contributed by atoms with Gasteiger partial charge < -0.3 is 4.98 Å². The molecule has 0 bridgehead atoms. The lowest BCUT2D eigenvalue weighted by atomic mass is 10.0. The summed E-state index contributed by atoms with van der Waals surface area (Å²) in [7, 11) is 0. The number of aromatic nitrogens is 1. The molecule has 0 spiro atoms. The third-order valence-corrected chi connectivity index (χ3v) is 4.90. The van der Waals surface area contributed by atoms with Gasteiger partial charge in [0.1, 0.15) is 0 Å². The largest absolute Gasteiger partial charge is 0.353 e. The van der Waals surface area contributed by atoms with E-state index in [1.807, 2.05) is 0 Å². The van der Waals surface area contributed by atoms with Crippen LogP contribution in [0.2, 0.25) is 0 Å². The zero-order valence-electron chi connectivity index (χ0n) is 11.4. The van der Waals surface area contributed by atoms with Gasteiger partial charge in [0.15, 0.2) is 0 Å². The molecule has 1 N–H and O–H groups in total. The van der Waals surface area contributed by atoms with Crippen molar-refractivity contribution in [2.75, 3.05) is 6.54 Å². The number of nitrogens with one attached hydrogen (secondary N) is 1. The lowest BCUT2D eigenvalue weighted by Gasteiger charge is -2.03. The van der Waals surface area contributed by atoms with Crippen LogP contribution in [0.3, 0.4) is 0 Å². The number of hydrogen-bond donors (Lipinski definition) is 1. The molecule has 4 rings (SSSR count). The van der Waals surface area contributed by atoms with Gasteiger partial charge >= 0.3 is 0 Å².